The van der Waals surface area contributed by atoms with Gasteiger partial charge < -0.3 is 0 Å². The average Bonchev–Trinajstić information content (AvgIpc) is 2.89. The van der Waals surface area contributed by atoms with Gasteiger partial charge in [0.05, 0.1) is 22.9 Å². The van der Waals surface area contributed by atoms with E-state index in [1.807, 2.05) is 0 Å². The number of hydrogen-bond donors (Lipinski definition) is 2. The molecule has 0 radical (unpaired) electrons. The third kappa shape index (κ3) is 3.62. The summed E-state index contributed by atoms with van der Waals surface area (Å²) >= 11 is 0. The molecule has 2 N–H and O–H groups in total. The molecule has 0 bridgehead atoms. The third-order valence-corrected chi connectivity index (χ3v) is 3.85. The number of benzene rings is 1. The van der Waals surface area contributed by atoms with Gasteiger partial charge in [0.2, 0.25) is 10.0 Å². The van der Waals surface area contributed by atoms with Crippen molar-refractivity contribution >= 4 is 15.7 Å². The number of para-hydroxylation sites is 1. The van der Waals surface area contributed by atoms with E-state index in [-0.39, 0.29) is 17.8 Å². The topological polar surface area (TPSA) is 118 Å². The summed E-state index contributed by atoms with van der Waals surface area (Å²) in [5.41, 5.74) is 0.546. The van der Waals surface area contributed by atoms with Crippen molar-refractivity contribution in [3.63, 3.8) is 0 Å². The minimum Gasteiger partial charge on any atom is -0.281 e. The predicted molar refractivity (Wildman–Crippen MR) is 71.1 cm³/mol. The van der Waals surface area contributed by atoms with Gasteiger partial charge in [-0.3, -0.25) is 15.2 Å². The van der Waals surface area contributed by atoms with E-state index in [1.165, 1.54) is 24.4 Å². The molecular formula is C11H12N4O4S. The zero-order valence-electron chi connectivity index (χ0n) is 10.3. The quantitative estimate of drug-likeness (QED) is 0.607. The number of aromatic amines is 1. The number of nitro benzene ring substituents is 1. The Morgan fingerprint density at radius 3 is 2.70 bits per heavy atom. The molecule has 1 aromatic carbocycles. The van der Waals surface area contributed by atoms with Crippen molar-refractivity contribution in [1.82, 2.24) is 14.9 Å². The third-order valence-electron chi connectivity index (χ3n) is 2.57. The SMILES string of the molecule is O=[N+]([O-])c1ccccc1CS(=O)(=O)NCc1ccn[nH]1. The Kier molecular flexibility index (Phi) is 4.11. The highest BCUT2D eigenvalue weighted by molar-refractivity contribution is 7.88. The second-order valence-electron chi connectivity index (χ2n) is 4.05. The molecule has 0 atom stereocenters. The molecule has 1 aromatic heterocycles. The molecule has 0 saturated heterocycles. The van der Waals surface area contributed by atoms with Crippen molar-refractivity contribution in [3.05, 3.63) is 57.9 Å². The van der Waals surface area contributed by atoms with Crippen LogP contribution in [0.25, 0.3) is 0 Å². The molecule has 9 heteroatoms. The standard InChI is InChI=1S/C11H12N4O4S/c16-15(17)11-4-2-1-3-9(11)8-20(18,19)13-7-10-5-6-12-14-10/h1-6,13H,7-8H2,(H,12,14). The van der Waals surface area contributed by atoms with Crippen molar-refractivity contribution in [2.45, 2.75) is 12.3 Å². The highest BCUT2D eigenvalue weighted by Crippen LogP contribution is 2.19. The lowest BCUT2D eigenvalue weighted by molar-refractivity contribution is -0.385. The summed E-state index contributed by atoms with van der Waals surface area (Å²) in [6.07, 6.45) is 1.51. The smallest absolute Gasteiger partial charge is 0.273 e. The molecule has 0 spiro atoms. The first-order valence-electron chi connectivity index (χ1n) is 5.66. The van der Waals surface area contributed by atoms with Crippen molar-refractivity contribution < 1.29 is 13.3 Å². The Morgan fingerprint density at radius 1 is 1.30 bits per heavy atom. The fourth-order valence-electron chi connectivity index (χ4n) is 1.64. The summed E-state index contributed by atoms with van der Waals surface area (Å²) in [6, 6.07) is 7.39. The van der Waals surface area contributed by atoms with Crippen LogP contribution in [0.1, 0.15) is 11.3 Å². The van der Waals surface area contributed by atoms with Gasteiger partial charge in [0.25, 0.3) is 5.69 Å². The minimum absolute atomic E-state index is 0.0585. The molecule has 8 nitrogen and oxygen atoms in total. The molecule has 2 rings (SSSR count). The summed E-state index contributed by atoms with van der Waals surface area (Å²) < 4.78 is 26.2. The summed E-state index contributed by atoms with van der Waals surface area (Å²) in [7, 11) is -3.67. The summed E-state index contributed by atoms with van der Waals surface area (Å²) in [5, 5.41) is 17.1. The van der Waals surface area contributed by atoms with Crippen LogP contribution in [0.15, 0.2) is 36.5 Å². The predicted octanol–water partition coefficient (Wildman–Crippen LogP) is 0.938. The van der Waals surface area contributed by atoms with Crippen LogP contribution in [-0.4, -0.2) is 23.5 Å². The largest absolute Gasteiger partial charge is 0.281 e. The van der Waals surface area contributed by atoms with Crippen molar-refractivity contribution in [3.8, 4) is 0 Å². The second kappa shape index (κ2) is 5.80. The highest BCUT2D eigenvalue weighted by Gasteiger charge is 2.19. The number of H-pyrrole nitrogens is 1. The average molecular weight is 296 g/mol. The monoisotopic (exact) mass is 296 g/mol. The molecule has 0 aliphatic carbocycles. The first-order valence-corrected chi connectivity index (χ1v) is 7.31. The van der Waals surface area contributed by atoms with E-state index in [0.29, 0.717) is 5.69 Å². The Hall–Kier alpha value is -2.26. The van der Waals surface area contributed by atoms with E-state index >= 15 is 0 Å². The lowest BCUT2D eigenvalue weighted by Crippen LogP contribution is -2.25. The Morgan fingerprint density at radius 2 is 2.05 bits per heavy atom. The lowest BCUT2D eigenvalue weighted by Gasteiger charge is -2.06. The molecule has 0 saturated carbocycles. The molecule has 0 fully saturated rings. The molecule has 0 unspecified atom stereocenters. The van der Waals surface area contributed by atoms with E-state index in [4.69, 9.17) is 0 Å². The number of nitrogens with one attached hydrogen (secondary N) is 2. The van der Waals surface area contributed by atoms with Gasteiger partial charge in [-0.05, 0) is 6.07 Å². The van der Waals surface area contributed by atoms with Gasteiger partial charge in [0.1, 0.15) is 0 Å². The van der Waals surface area contributed by atoms with E-state index in [0.717, 1.165) is 0 Å². The van der Waals surface area contributed by atoms with Crippen molar-refractivity contribution in [2.24, 2.45) is 0 Å². The van der Waals surface area contributed by atoms with Gasteiger partial charge in [0, 0.05) is 17.8 Å². The highest BCUT2D eigenvalue weighted by atomic mass is 32.2. The number of nitrogens with zero attached hydrogens (tertiary/aromatic N) is 2. The van der Waals surface area contributed by atoms with Crippen LogP contribution in [0.5, 0.6) is 0 Å². The second-order valence-corrected chi connectivity index (χ2v) is 5.85. The molecule has 0 aliphatic rings. The van der Waals surface area contributed by atoms with Crippen LogP contribution in [0.2, 0.25) is 0 Å². The minimum atomic E-state index is -3.67. The summed E-state index contributed by atoms with van der Waals surface area (Å²) in [5.74, 6) is -0.446. The Labute approximate surface area is 115 Å². The van der Waals surface area contributed by atoms with Crippen LogP contribution in [0.4, 0.5) is 5.69 Å². The fourth-order valence-corrected chi connectivity index (χ4v) is 2.77. The molecule has 1 heterocycles. The molecule has 20 heavy (non-hydrogen) atoms. The fraction of sp³-hybridized carbons (Fsp3) is 0.182. The Balaban J connectivity index is 2.10. The van der Waals surface area contributed by atoms with Gasteiger partial charge in [0.15, 0.2) is 0 Å². The van der Waals surface area contributed by atoms with E-state index in [1.54, 1.807) is 12.1 Å². The number of rotatable bonds is 6. The summed E-state index contributed by atoms with van der Waals surface area (Å²) in [6.45, 7) is 0.0585. The maximum Gasteiger partial charge on any atom is 0.273 e. The van der Waals surface area contributed by atoms with Crippen LogP contribution in [-0.2, 0) is 22.3 Å². The molecule has 0 aliphatic heterocycles. The van der Waals surface area contributed by atoms with Gasteiger partial charge >= 0.3 is 0 Å². The maximum atomic E-state index is 11.9. The summed E-state index contributed by atoms with van der Waals surface area (Å²) in [4.78, 5) is 10.2. The molecular weight excluding hydrogens is 284 g/mol. The van der Waals surface area contributed by atoms with Crippen molar-refractivity contribution in [2.75, 3.05) is 0 Å². The molecule has 0 amide bonds. The molecule has 106 valence electrons. The first kappa shape index (κ1) is 14.2. The first-order chi connectivity index (χ1) is 9.48. The van der Waals surface area contributed by atoms with E-state index in [9.17, 15) is 18.5 Å². The normalized spacial score (nSPS) is 11.4. The van der Waals surface area contributed by atoms with Gasteiger partial charge in [-0.2, -0.15) is 5.10 Å². The van der Waals surface area contributed by atoms with Crippen LogP contribution in [0.3, 0.4) is 0 Å². The number of sulfonamides is 1. The number of aromatic nitrogens is 2. The van der Waals surface area contributed by atoms with Gasteiger partial charge in [-0.15, -0.1) is 0 Å². The maximum absolute atomic E-state index is 11.9. The van der Waals surface area contributed by atoms with Crippen LogP contribution in [0, 0.1) is 10.1 Å². The van der Waals surface area contributed by atoms with E-state index < -0.39 is 20.7 Å². The Bertz CT molecular complexity index is 697. The zero-order valence-corrected chi connectivity index (χ0v) is 11.1. The lowest BCUT2D eigenvalue weighted by atomic mass is 10.2. The van der Waals surface area contributed by atoms with Crippen molar-refractivity contribution in [1.29, 1.82) is 0 Å². The van der Waals surface area contributed by atoms with Gasteiger partial charge in [-0.25, -0.2) is 13.1 Å². The van der Waals surface area contributed by atoms with E-state index in [2.05, 4.69) is 14.9 Å². The molecule has 2 aromatic rings. The number of nitro groups is 1. The van der Waals surface area contributed by atoms with Gasteiger partial charge in [-0.1, -0.05) is 18.2 Å². The number of hydrogen-bond acceptors (Lipinski definition) is 5. The van der Waals surface area contributed by atoms with Crippen LogP contribution >= 0.6 is 0 Å². The zero-order chi connectivity index (χ0) is 14.6. The van der Waals surface area contributed by atoms with Crippen LogP contribution < -0.4 is 4.72 Å².